The third kappa shape index (κ3) is 2.25. The monoisotopic (exact) mass is 247 g/mol. The van der Waals surface area contributed by atoms with E-state index in [1.165, 1.54) is 21.9 Å². The average Bonchev–Trinajstić information content (AvgIpc) is 2.46. The van der Waals surface area contributed by atoms with Crippen molar-refractivity contribution in [3.63, 3.8) is 0 Å². The molecule has 1 unspecified atom stereocenters. The first-order valence-corrected chi connectivity index (χ1v) is 6.55. The van der Waals surface area contributed by atoms with Crippen LogP contribution in [-0.2, 0) is 0 Å². The fraction of sp³-hybridized carbons (Fsp3) is 0.111. The molecule has 0 fully saturated rings. The lowest BCUT2D eigenvalue weighted by Gasteiger charge is -2.15. The van der Waals surface area contributed by atoms with E-state index in [2.05, 4.69) is 61.5 Å². The molecule has 0 aliphatic rings. The predicted octanol–water partition coefficient (Wildman–Crippen LogP) is 4.20. The first-order valence-electron chi connectivity index (χ1n) is 6.55. The Morgan fingerprint density at radius 2 is 1.47 bits per heavy atom. The zero-order valence-corrected chi connectivity index (χ0v) is 11.0. The van der Waals surface area contributed by atoms with Crippen LogP contribution in [0.15, 0.2) is 66.7 Å². The average molecular weight is 247 g/mol. The van der Waals surface area contributed by atoms with Gasteiger partial charge < -0.3 is 5.73 Å². The normalized spacial score (nSPS) is 12.5. The molecular formula is C18H17N. The third-order valence-electron chi connectivity index (χ3n) is 3.66. The predicted molar refractivity (Wildman–Crippen MR) is 81.2 cm³/mol. The maximum absolute atomic E-state index is 6.41. The lowest BCUT2D eigenvalue weighted by atomic mass is 9.94. The molecule has 3 aromatic carbocycles. The zero-order valence-electron chi connectivity index (χ0n) is 11.0. The van der Waals surface area contributed by atoms with Gasteiger partial charge in [0.25, 0.3) is 0 Å². The summed E-state index contributed by atoms with van der Waals surface area (Å²) in [6.07, 6.45) is 0. The maximum Gasteiger partial charge on any atom is 0.0554 e. The molecule has 0 aliphatic heterocycles. The van der Waals surface area contributed by atoms with E-state index < -0.39 is 0 Å². The van der Waals surface area contributed by atoms with Crippen LogP contribution in [0.25, 0.3) is 10.8 Å². The van der Waals surface area contributed by atoms with Gasteiger partial charge in [-0.2, -0.15) is 0 Å². The second kappa shape index (κ2) is 4.87. The van der Waals surface area contributed by atoms with Crippen molar-refractivity contribution in [2.75, 3.05) is 0 Å². The van der Waals surface area contributed by atoms with Crippen molar-refractivity contribution >= 4 is 10.8 Å². The molecule has 0 aromatic heterocycles. The number of rotatable bonds is 2. The lowest BCUT2D eigenvalue weighted by molar-refractivity contribution is 0.863. The van der Waals surface area contributed by atoms with Gasteiger partial charge >= 0.3 is 0 Å². The highest BCUT2D eigenvalue weighted by atomic mass is 14.6. The van der Waals surface area contributed by atoms with E-state index in [1.54, 1.807) is 0 Å². The molecule has 3 rings (SSSR count). The first kappa shape index (κ1) is 11.9. The van der Waals surface area contributed by atoms with Gasteiger partial charge in [-0.1, -0.05) is 60.7 Å². The zero-order chi connectivity index (χ0) is 13.2. The summed E-state index contributed by atoms with van der Waals surface area (Å²) in [6.45, 7) is 2.11. The summed E-state index contributed by atoms with van der Waals surface area (Å²) in [5, 5.41) is 2.49. The van der Waals surface area contributed by atoms with Crippen molar-refractivity contribution in [1.82, 2.24) is 0 Å². The van der Waals surface area contributed by atoms with Crippen LogP contribution in [-0.4, -0.2) is 0 Å². The van der Waals surface area contributed by atoms with Crippen LogP contribution in [0, 0.1) is 6.92 Å². The van der Waals surface area contributed by atoms with Gasteiger partial charge in [0.2, 0.25) is 0 Å². The summed E-state index contributed by atoms with van der Waals surface area (Å²) < 4.78 is 0. The molecule has 19 heavy (non-hydrogen) atoms. The minimum atomic E-state index is -0.0641. The smallest absolute Gasteiger partial charge is 0.0554 e. The molecule has 0 saturated carbocycles. The van der Waals surface area contributed by atoms with Crippen molar-refractivity contribution in [3.8, 4) is 0 Å². The molecule has 0 aliphatic carbocycles. The minimum Gasteiger partial charge on any atom is -0.320 e. The molecule has 94 valence electrons. The number of benzene rings is 3. The maximum atomic E-state index is 6.41. The van der Waals surface area contributed by atoms with Gasteiger partial charge in [0.05, 0.1) is 6.04 Å². The van der Waals surface area contributed by atoms with Crippen molar-refractivity contribution in [2.45, 2.75) is 13.0 Å². The van der Waals surface area contributed by atoms with Crippen LogP contribution in [0.3, 0.4) is 0 Å². The largest absolute Gasteiger partial charge is 0.320 e. The molecule has 1 atom stereocenters. The summed E-state index contributed by atoms with van der Waals surface area (Å²) in [7, 11) is 0. The second-order valence-corrected chi connectivity index (χ2v) is 4.94. The van der Waals surface area contributed by atoms with Crippen LogP contribution in [0.2, 0.25) is 0 Å². The van der Waals surface area contributed by atoms with Gasteiger partial charge in [0.15, 0.2) is 0 Å². The van der Waals surface area contributed by atoms with Gasteiger partial charge in [0.1, 0.15) is 0 Å². The Bertz CT molecular complexity index is 715. The van der Waals surface area contributed by atoms with Gasteiger partial charge in [0, 0.05) is 0 Å². The van der Waals surface area contributed by atoms with E-state index in [1.807, 2.05) is 12.1 Å². The number of nitrogens with two attached hydrogens (primary N) is 1. The molecule has 0 bridgehead atoms. The second-order valence-electron chi connectivity index (χ2n) is 4.94. The fourth-order valence-electron chi connectivity index (χ4n) is 2.52. The molecular weight excluding hydrogens is 230 g/mol. The molecule has 0 heterocycles. The van der Waals surface area contributed by atoms with Crippen LogP contribution in [0.1, 0.15) is 22.7 Å². The van der Waals surface area contributed by atoms with Crippen LogP contribution in [0.5, 0.6) is 0 Å². The number of aryl methyl sites for hydroxylation is 1. The number of fused-ring (bicyclic) bond motifs is 1. The highest BCUT2D eigenvalue weighted by Crippen LogP contribution is 2.25. The van der Waals surface area contributed by atoms with E-state index in [4.69, 9.17) is 5.73 Å². The molecule has 0 radical (unpaired) electrons. The summed E-state index contributed by atoms with van der Waals surface area (Å²) >= 11 is 0. The Kier molecular flexibility index (Phi) is 3.06. The van der Waals surface area contributed by atoms with E-state index in [-0.39, 0.29) is 6.04 Å². The molecule has 0 amide bonds. The van der Waals surface area contributed by atoms with Gasteiger partial charge in [-0.3, -0.25) is 0 Å². The Morgan fingerprint density at radius 1 is 0.789 bits per heavy atom. The molecule has 2 N–H and O–H groups in total. The third-order valence-corrected chi connectivity index (χ3v) is 3.66. The van der Waals surface area contributed by atoms with E-state index in [0.29, 0.717) is 0 Å². The van der Waals surface area contributed by atoms with Crippen molar-refractivity contribution < 1.29 is 0 Å². The Balaban J connectivity index is 2.07. The number of hydrogen-bond donors (Lipinski definition) is 1. The number of hydrogen-bond acceptors (Lipinski definition) is 1. The van der Waals surface area contributed by atoms with E-state index in [0.717, 1.165) is 5.56 Å². The molecule has 0 saturated heterocycles. The molecule has 1 nitrogen and oxygen atoms in total. The topological polar surface area (TPSA) is 26.0 Å². The van der Waals surface area contributed by atoms with Gasteiger partial charge in [-0.15, -0.1) is 0 Å². The van der Waals surface area contributed by atoms with E-state index in [9.17, 15) is 0 Å². The fourth-order valence-corrected chi connectivity index (χ4v) is 2.52. The Hall–Kier alpha value is -2.12. The quantitative estimate of drug-likeness (QED) is 0.721. The minimum absolute atomic E-state index is 0.0641. The summed E-state index contributed by atoms with van der Waals surface area (Å²) in [6, 6.07) is 23.1. The molecule has 3 aromatic rings. The highest BCUT2D eigenvalue weighted by molar-refractivity contribution is 5.83. The van der Waals surface area contributed by atoms with Crippen LogP contribution in [0.4, 0.5) is 0 Å². The SMILES string of the molecule is Cc1ccccc1C(N)c1ccc2ccccc2c1. The summed E-state index contributed by atoms with van der Waals surface area (Å²) in [5.74, 6) is 0. The Labute approximate surface area is 113 Å². The Morgan fingerprint density at radius 3 is 2.26 bits per heavy atom. The van der Waals surface area contributed by atoms with Gasteiger partial charge in [-0.05, 0) is 40.5 Å². The van der Waals surface area contributed by atoms with E-state index >= 15 is 0 Å². The standard InChI is InChI=1S/C18H17N/c1-13-6-2-5-9-17(13)18(19)16-11-10-14-7-3-4-8-15(14)12-16/h2-12,18H,19H2,1H3. The lowest BCUT2D eigenvalue weighted by Crippen LogP contribution is -2.13. The van der Waals surface area contributed by atoms with Crippen LogP contribution >= 0.6 is 0 Å². The first-order chi connectivity index (χ1) is 9.25. The van der Waals surface area contributed by atoms with Crippen molar-refractivity contribution in [1.29, 1.82) is 0 Å². The molecule has 0 spiro atoms. The molecule has 1 heteroatoms. The van der Waals surface area contributed by atoms with Gasteiger partial charge in [-0.25, -0.2) is 0 Å². The highest BCUT2D eigenvalue weighted by Gasteiger charge is 2.11. The van der Waals surface area contributed by atoms with Crippen molar-refractivity contribution in [3.05, 3.63) is 83.4 Å². The summed E-state index contributed by atoms with van der Waals surface area (Å²) in [4.78, 5) is 0. The summed E-state index contributed by atoms with van der Waals surface area (Å²) in [5.41, 5.74) is 10.00. The van der Waals surface area contributed by atoms with Crippen molar-refractivity contribution in [2.24, 2.45) is 5.73 Å². The van der Waals surface area contributed by atoms with Crippen LogP contribution < -0.4 is 5.73 Å².